The minimum Gasteiger partial charge on any atom is -0.508 e. The second-order valence-corrected chi connectivity index (χ2v) is 9.56. The van der Waals surface area contributed by atoms with Gasteiger partial charge in [0, 0.05) is 6.42 Å². The van der Waals surface area contributed by atoms with Gasteiger partial charge in [-0.15, -0.1) is 0 Å². The topological polar surface area (TPSA) is 171 Å². The fourth-order valence-electron chi connectivity index (χ4n) is 3.10. The summed E-state index contributed by atoms with van der Waals surface area (Å²) in [5, 5.41) is 26.5. The Bertz CT molecular complexity index is 833. The second kappa shape index (κ2) is 14.5. The van der Waals surface area contributed by atoms with Crippen molar-refractivity contribution in [3.63, 3.8) is 0 Å². The third-order valence-corrected chi connectivity index (χ3v) is 5.70. The minimum absolute atomic E-state index is 0.00197. The number of hydrogen-bond donors (Lipinski definition) is 6. The molecule has 1 aromatic rings. The van der Waals surface area contributed by atoms with E-state index >= 15 is 0 Å². The Morgan fingerprint density at radius 1 is 0.941 bits per heavy atom. The van der Waals surface area contributed by atoms with Crippen molar-refractivity contribution in [2.45, 2.75) is 64.2 Å². The Morgan fingerprint density at radius 2 is 1.53 bits per heavy atom. The number of aliphatic carboxylic acids is 1. The molecule has 0 saturated heterocycles. The smallest absolute Gasteiger partial charge is 0.326 e. The van der Waals surface area contributed by atoms with Crippen molar-refractivity contribution >= 4 is 35.5 Å². The number of hydrogen-bond acceptors (Lipinski definition) is 7. The average Bonchev–Trinajstić information content (AvgIpc) is 2.77. The maximum Gasteiger partial charge on any atom is 0.326 e. The first kappa shape index (κ1) is 29.2. The monoisotopic (exact) mass is 496 g/mol. The molecule has 0 fully saturated rings. The summed E-state index contributed by atoms with van der Waals surface area (Å²) >= 11 is 1.57. The summed E-state index contributed by atoms with van der Waals surface area (Å²) in [7, 11) is 0. The van der Waals surface area contributed by atoms with Crippen LogP contribution in [0.5, 0.6) is 5.75 Å². The molecule has 10 nitrogen and oxygen atoms in total. The maximum absolute atomic E-state index is 12.8. The van der Waals surface area contributed by atoms with E-state index in [9.17, 15) is 29.4 Å². The van der Waals surface area contributed by atoms with Crippen molar-refractivity contribution < 1.29 is 29.4 Å². The van der Waals surface area contributed by atoms with Crippen LogP contribution >= 0.6 is 11.8 Å². The number of phenolic OH excluding ortho intramolecular Hbond substituents is 1. The molecule has 3 amide bonds. The quantitative estimate of drug-likeness (QED) is 0.218. The van der Waals surface area contributed by atoms with Crippen LogP contribution in [0.1, 0.15) is 39.2 Å². The zero-order valence-corrected chi connectivity index (χ0v) is 20.9. The van der Waals surface area contributed by atoms with Gasteiger partial charge in [-0.1, -0.05) is 26.0 Å². The van der Waals surface area contributed by atoms with Gasteiger partial charge in [-0.3, -0.25) is 14.4 Å². The van der Waals surface area contributed by atoms with Gasteiger partial charge in [0.1, 0.15) is 23.9 Å². The summed E-state index contributed by atoms with van der Waals surface area (Å²) in [6.07, 6.45) is 2.73. The van der Waals surface area contributed by atoms with E-state index in [2.05, 4.69) is 16.0 Å². The molecule has 0 saturated carbocycles. The van der Waals surface area contributed by atoms with Crippen LogP contribution in [0.3, 0.4) is 0 Å². The third-order valence-electron chi connectivity index (χ3n) is 5.05. The largest absolute Gasteiger partial charge is 0.508 e. The Labute approximate surface area is 204 Å². The highest BCUT2D eigenvalue weighted by Crippen LogP contribution is 2.12. The van der Waals surface area contributed by atoms with Crippen LogP contribution in [-0.2, 0) is 25.6 Å². The number of aromatic hydroxyl groups is 1. The van der Waals surface area contributed by atoms with Gasteiger partial charge in [0.25, 0.3) is 0 Å². The van der Waals surface area contributed by atoms with E-state index in [0.29, 0.717) is 24.2 Å². The number of phenols is 1. The Hall–Kier alpha value is -2.79. The van der Waals surface area contributed by atoms with Gasteiger partial charge < -0.3 is 31.9 Å². The number of benzene rings is 1. The Balaban J connectivity index is 2.77. The lowest BCUT2D eigenvalue weighted by Gasteiger charge is -2.24. The lowest BCUT2D eigenvalue weighted by atomic mass is 10.0. The van der Waals surface area contributed by atoms with E-state index in [1.54, 1.807) is 23.9 Å². The highest BCUT2D eigenvalue weighted by molar-refractivity contribution is 7.98. The number of carboxylic acid groups (broad SMARTS) is 1. The molecule has 190 valence electrons. The molecule has 0 heterocycles. The molecule has 4 atom stereocenters. The van der Waals surface area contributed by atoms with Gasteiger partial charge >= 0.3 is 5.97 Å². The van der Waals surface area contributed by atoms with E-state index in [1.807, 2.05) is 20.1 Å². The molecule has 0 aliphatic rings. The van der Waals surface area contributed by atoms with E-state index in [-0.39, 0.29) is 18.1 Å². The van der Waals surface area contributed by atoms with Crippen LogP contribution < -0.4 is 21.7 Å². The molecule has 0 aliphatic carbocycles. The molecular weight excluding hydrogens is 460 g/mol. The van der Waals surface area contributed by atoms with Gasteiger partial charge in [0.15, 0.2) is 0 Å². The van der Waals surface area contributed by atoms with Crippen LogP contribution in [0.2, 0.25) is 0 Å². The van der Waals surface area contributed by atoms with E-state index < -0.39 is 47.9 Å². The molecule has 34 heavy (non-hydrogen) atoms. The lowest BCUT2D eigenvalue weighted by Crippen LogP contribution is -2.56. The van der Waals surface area contributed by atoms with Crippen molar-refractivity contribution in [3.05, 3.63) is 29.8 Å². The zero-order chi connectivity index (χ0) is 25.8. The molecule has 0 aliphatic heterocycles. The molecule has 1 rings (SSSR count). The number of amides is 3. The summed E-state index contributed by atoms with van der Waals surface area (Å²) in [5.41, 5.74) is 6.51. The van der Waals surface area contributed by atoms with Crippen LogP contribution in [0.4, 0.5) is 0 Å². The Morgan fingerprint density at radius 3 is 2.06 bits per heavy atom. The predicted octanol–water partition coefficient (Wildman–Crippen LogP) is 0.620. The Kier molecular flexibility index (Phi) is 12.4. The number of carbonyl (C=O) groups excluding carboxylic acids is 3. The molecule has 0 aromatic heterocycles. The molecule has 0 radical (unpaired) electrons. The summed E-state index contributed by atoms with van der Waals surface area (Å²) in [6, 6.07) is 2.09. The van der Waals surface area contributed by atoms with E-state index in [1.165, 1.54) is 19.1 Å². The first-order valence-electron chi connectivity index (χ1n) is 11.1. The number of nitrogens with one attached hydrogen (secondary N) is 3. The summed E-state index contributed by atoms with van der Waals surface area (Å²) in [5.74, 6) is -2.05. The fraction of sp³-hybridized carbons (Fsp3) is 0.565. The number of carbonyl (C=O) groups is 4. The molecule has 1 aromatic carbocycles. The van der Waals surface area contributed by atoms with Crippen molar-refractivity contribution in [1.82, 2.24) is 16.0 Å². The van der Waals surface area contributed by atoms with Gasteiger partial charge in [0.2, 0.25) is 17.7 Å². The van der Waals surface area contributed by atoms with Gasteiger partial charge in [-0.05, 0) is 55.4 Å². The van der Waals surface area contributed by atoms with Crippen molar-refractivity contribution in [2.24, 2.45) is 11.7 Å². The maximum atomic E-state index is 12.8. The average molecular weight is 497 g/mol. The van der Waals surface area contributed by atoms with Gasteiger partial charge in [-0.2, -0.15) is 11.8 Å². The second-order valence-electron chi connectivity index (χ2n) is 8.58. The fourth-order valence-corrected chi connectivity index (χ4v) is 3.59. The SMILES string of the molecule is CSCCC(N)C(=O)NC(CC(C)C)C(=O)NC(C)C(=O)NC(Cc1ccc(O)cc1)C(=O)O. The molecule has 7 N–H and O–H groups in total. The number of rotatable bonds is 14. The van der Waals surface area contributed by atoms with Gasteiger partial charge in [-0.25, -0.2) is 4.79 Å². The summed E-state index contributed by atoms with van der Waals surface area (Å²) in [4.78, 5) is 49.4. The van der Waals surface area contributed by atoms with Gasteiger partial charge in [0.05, 0.1) is 6.04 Å². The lowest BCUT2D eigenvalue weighted by molar-refractivity contribution is -0.142. The van der Waals surface area contributed by atoms with E-state index in [4.69, 9.17) is 5.73 Å². The number of carboxylic acids is 1. The standard InChI is InChI=1S/C23H36N4O6S/c1-13(2)11-18(26-21(30)17(24)9-10-34-4)22(31)25-14(3)20(29)27-19(23(32)33)12-15-5-7-16(28)8-6-15/h5-8,13-14,17-19,28H,9-12,24H2,1-4H3,(H,25,31)(H,26,30)(H,27,29)(H,32,33). The zero-order valence-electron chi connectivity index (χ0n) is 20.0. The summed E-state index contributed by atoms with van der Waals surface area (Å²) < 4.78 is 0. The molecule has 0 bridgehead atoms. The third kappa shape index (κ3) is 10.4. The highest BCUT2D eigenvalue weighted by atomic mass is 32.2. The molecular formula is C23H36N4O6S. The molecule has 4 unspecified atom stereocenters. The molecule has 11 heteroatoms. The highest BCUT2D eigenvalue weighted by Gasteiger charge is 2.28. The van der Waals surface area contributed by atoms with Crippen molar-refractivity contribution in [3.8, 4) is 5.75 Å². The normalized spacial score (nSPS) is 14.5. The van der Waals surface area contributed by atoms with Crippen LogP contribution in [0.25, 0.3) is 0 Å². The minimum atomic E-state index is -1.23. The first-order valence-corrected chi connectivity index (χ1v) is 12.5. The van der Waals surface area contributed by atoms with Crippen LogP contribution in [0.15, 0.2) is 24.3 Å². The number of nitrogens with two attached hydrogens (primary N) is 1. The number of thioether (sulfide) groups is 1. The van der Waals surface area contributed by atoms with Crippen molar-refractivity contribution in [1.29, 1.82) is 0 Å². The predicted molar refractivity (Wildman–Crippen MR) is 131 cm³/mol. The van der Waals surface area contributed by atoms with Crippen LogP contribution in [0, 0.1) is 5.92 Å². The summed E-state index contributed by atoms with van der Waals surface area (Å²) in [6.45, 7) is 5.24. The van der Waals surface area contributed by atoms with Crippen LogP contribution in [-0.4, -0.2) is 70.1 Å². The van der Waals surface area contributed by atoms with E-state index in [0.717, 1.165) is 0 Å². The molecule has 0 spiro atoms. The van der Waals surface area contributed by atoms with Crippen molar-refractivity contribution in [2.75, 3.05) is 12.0 Å². The first-order chi connectivity index (χ1) is 15.9.